The van der Waals surface area contributed by atoms with Gasteiger partial charge in [0.25, 0.3) is 0 Å². The second-order valence-corrected chi connectivity index (χ2v) is 15.1. The molecular formula is C35H55N2+. The molecule has 8 atom stereocenters. The second-order valence-electron chi connectivity index (χ2n) is 15.1. The minimum absolute atomic E-state index is 0.281. The predicted molar refractivity (Wildman–Crippen MR) is 157 cm³/mol. The molecule has 0 radical (unpaired) electrons. The largest absolute Gasteiger partial charge is 0.374 e. The number of allylic oxidation sites excluding steroid dienone is 6. The zero-order chi connectivity index (χ0) is 25.9. The highest BCUT2D eigenvalue weighted by Gasteiger charge is 2.59. The molecule has 2 aliphatic heterocycles. The summed E-state index contributed by atoms with van der Waals surface area (Å²) in [6.07, 6.45) is 29.4. The van der Waals surface area contributed by atoms with Crippen LogP contribution in [0.4, 0.5) is 0 Å². The van der Waals surface area contributed by atoms with Crippen LogP contribution in [0.2, 0.25) is 0 Å². The van der Waals surface area contributed by atoms with Crippen LogP contribution in [0.25, 0.3) is 0 Å². The van der Waals surface area contributed by atoms with E-state index in [2.05, 4.69) is 81.6 Å². The van der Waals surface area contributed by atoms with Crippen molar-refractivity contribution in [2.75, 3.05) is 14.1 Å². The highest BCUT2D eigenvalue weighted by molar-refractivity contribution is 5.96. The molecule has 0 bridgehead atoms. The molecule has 2 heteroatoms. The number of likely N-dealkylation sites (tertiary alicyclic amines) is 1. The number of rotatable bonds is 3. The Labute approximate surface area is 228 Å². The topological polar surface area (TPSA) is 6.25 Å². The third-order valence-electron chi connectivity index (χ3n) is 12.8. The van der Waals surface area contributed by atoms with Gasteiger partial charge >= 0.3 is 0 Å². The minimum atomic E-state index is 0.281. The highest BCUT2D eigenvalue weighted by atomic mass is 15.2. The summed E-state index contributed by atoms with van der Waals surface area (Å²) in [6.45, 7) is 10.2. The Balaban J connectivity index is 1.18. The number of hydrogen-bond acceptors (Lipinski definition) is 1. The molecule has 8 unspecified atom stereocenters. The van der Waals surface area contributed by atoms with Crippen LogP contribution in [0.1, 0.15) is 105 Å². The Bertz CT molecular complexity index is 993. The molecule has 204 valence electrons. The molecule has 0 N–H and O–H groups in total. The van der Waals surface area contributed by atoms with Crippen LogP contribution < -0.4 is 0 Å². The molecule has 6 rings (SSSR count). The van der Waals surface area contributed by atoms with Crippen molar-refractivity contribution >= 4 is 5.71 Å². The molecule has 4 aliphatic carbocycles. The molecular weight excluding hydrogens is 448 g/mol. The van der Waals surface area contributed by atoms with Crippen molar-refractivity contribution in [1.29, 1.82) is 0 Å². The van der Waals surface area contributed by atoms with Crippen LogP contribution in [0.15, 0.2) is 36.1 Å². The Morgan fingerprint density at radius 2 is 1.32 bits per heavy atom. The first-order valence-corrected chi connectivity index (χ1v) is 16.1. The highest BCUT2D eigenvalue weighted by Crippen LogP contribution is 2.59. The monoisotopic (exact) mass is 503 g/mol. The Morgan fingerprint density at radius 3 is 2.03 bits per heavy atom. The van der Waals surface area contributed by atoms with Gasteiger partial charge in [0.05, 0.1) is 5.41 Å². The van der Waals surface area contributed by atoms with Crippen LogP contribution in [-0.4, -0.2) is 41.4 Å². The second kappa shape index (κ2) is 9.71. The SMILES string of the molecule is CN1/C(=C/C=C/C=C/C2=[N+](C)C3CCC4CCCCC4C3C2(C)C)C(C)(C)C2C3CCCCC3CCC21. The fourth-order valence-corrected chi connectivity index (χ4v) is 11.4. The Morgan fingerprint density at radius 1 is 0.703 bits per heavy atom. The molecule has 2 nitrogen and oxygen atoms in total. The first-order valence-electron chi connectivity index (χ1n) is 16.1. The molecule has 5 fully saturated rings. The fraction of sp³-hybridized carbons (Fsp3) is 0.800. The molecule has 0 aromatic rings. The molecule has 1 saturated heterocycles. The van der Waals surface area contributed by atoms with Gasteiger partial charge in [-0.25, -0.2) is 4.58 Å². The predicted octanol–water partition coefficient (Wildman–Crippen LogP) is 8.25. The first kappa shape index (κ1) is 25.9. The fourth-order valence-electron chi connectivity index (χ4n) is 11.4. The van der Waals surface area contributed by atoms with Crippen molar-refractivity contribution in [3.8, 4) is 0 Å². The maximum atomic E-state index is 2.68. The van der Waals surface area contributed by atoms with E-state index in [9.17, 15) is 0 Å². The van der Waals surface area contributed by atoms with Crippen molar-refractivity contribution in [3.63, 3.8) is 0 Å². The number of fused-ring (bicyclic) bond motifs is 6. The van der Waals surface area contributed by atoms with E-state index >= 15 is 0 Å². The molecule has 6 aliphatic rings. The van der Waals surface area contributed by atoms with Crippen molar-refractivity contribution in [2.24, 2.45) is 46.3 Å². The average Bonchev–Trinajstić information content (AvgIpc) is 3.21. The normalized spacial score (nSPS) is 43.8. The zero-order valence-electron chi connectivity index (χ0n) is 24.9. The minimum Gasteiger partial charge on any atom is -0.374 e. The maximum Gasteiger partial charge on any atom is 0.182 e. The van der Waals surface area contributed by atoms with E-state index in [-0.39, 0.29) is 10.8 Å². The van der Waals surface area contributed by atoms with E-state index in [1.807, 2.05) is 0 Å². The summed E-state index contributed by atoms with van der Waals surface area (Å²) in [5.74, 6) is 5.56. The van der Waals surface area contributed by atoms with Gasteiger partial charge in [-0.1, -0.05) is 70.6 Å². The third-order valence-corrected chi connectivity index (χ3v) is 12.8. The summed E-state index contributed by atoms with van der Waals surface area (Å²) in [7, 11) is 4.77. The van der Waals surface area contributed by atoms with Gasteiger partial charge in [-0.15, -0.1) is 0 Å². The molecule has 37 heavy (non-hydrogen) atoms. The molecule has 0 spiro atoms. The maximum absolute atomic E-state index is 2.68. The van der Waals surface area contributed by atoms with Gasteiger partial charge < -0.3 is 4.90 Å². The molecule has 0 aromatic carbocycles. The van der Waals surface area contributed by atoms with Gasteiger partial charge in [0.15, 0.2) is 11.8 Å². The van der Waals surface area contributed by atoms with Crippen LogP contribution in [0, 0.1) is 46.3 Å². The quantitative estimate of drug-likeness (QED) is 0.277. The average molecular weight is 504 g/mol. The lowest BCUT2D eigenvalue weighted by atomic mass is 9.57. The van der Waals surface area contributed by atoms with Crippen LogP contribution in [0.5, 0.6) is 0 Å². The first-order chi connectivity index (χ1) is 17.7. The van der Waals surface area contributed by atoms with Crippen LogP contribution >= 0.6 is 0 Å². The van der Waals surface area contributed by atoms with Gasteiger partial charge in [-0.2, -0.15) is 0 Å². The van der Waals surface area contributed by atoms with E-state index in [1.165, 1.54) is 77.0 Å². The van der Waals surface area contributed by atoms with Crippen LogP contribution in [0.3, 0.4) is 0 Å². The number of nitrogens with zero attached hydrogens (tertiary/aromatic N) is 2. The molecule has 4 saturated carbocycles. The summed E-state index contributed by atoms with van der Waals surface area (Å²) in [6, 6.07) is 1.50. The third kappa shape index (κ3) is 4.13. The molecule has 0 aromatic heterocycles. The van der Waals surface area contributed by atoms with E-state index in [4.69, 9.17) is 0 Å². The standard InChI is InChI=1S/C35H55N2/c1-34(2)30(36(5)28-22-20-24-14-10-12-16-26(24)32(28)34)18-8-7-9-19-31-35(3,4)33-27-17-13-11-15-25(27)21-23-29(33)37(31)6/h7-9,18-19,24-29,32-33H,10-17,20-23H2,1-6H3/q+1. The van der Waals surface area contributed by atoms with Gasteiger partial charge in [0.1, 0.15) is 7.05 Å². The Hall–Kier alpha value is -1.31. The summed E-state index contributed by atoms with van der Waals surface area (Å²) in [5, 5.41) is 0. The van der Waals surface area contributed by atoms with E-state index in [0.717, 1.165) is 47.6 Å². The van der Waals surface area contributed by atoms with Crippen molar-refractivity contribution in [1.82, 2.24) is 4.90 Å². The zero-order valence-corrected chi connectivity index (χ0v) is 24.9. The van der Waals surface area contributed by atoms with Gasteiger partial charge in [0.2, 0.25) is 0 Å². The van der Waals surface area contributed by atoms with Gasteiger partial charge in [-0.3, -0.25) is 0 Å². The van der Waals surface area contributed by atoms with Crippen molar-refractivity contribution in [2.45, 2.75) is 117 Å². The van der Waals surface area contributed by atoms with Gasteiger partial charge in [0, 0.05) is 42.6 Å². The lowest BCUT2D eigenvalue weighted by molar-refractivity contribution is -0.541. The van der Waals surface area contributed by atoms with Crippen LogP contribution in [-0.2, 0) is 0 Å². The number of hydrogen-bond donors (Lipinski definition) is 0. The summed E-state index contributed by atoms with van der Waals surface area (Å²) in [5.41, 5.74) is 3.70. The lowest BCUT2D eigenvalue weighted by Gasteiger charge is -2.47. The molecule has 2 heterocycles. The lowest BCUT2D eigenvalue weighted by Crippen LogP contribution is -2.45. The van der Waals surface area contributed by atoms with E-state index < -0.39 is 0 Å². The van der Waals surface area contributed by atoms with Gasteiger partial charge in [-0.05, 0) is 81.6 Å². The summed E-state index contributed by atoms with van der Waals surface area (Å²) < 4.78 is 2.68. The van der Waals surface area contributed by atoms with E-state index in [0.29, 0.717) is 0 Å². The van der Waals surface area contributed by atoms with Crippen molar-refractivity contribution in [3.05, 3.63) is 36.1 Å². The Kier molecular flexibility index (Phi) is 6.81. The van der Waals surface area contributed by atoms with E-state index in [1.54, 1.807) is 11.4 Å². The van der Waals surface area contributed by atoms with Crippen molar-refractivity contribution < 1.29 is 4.58 Å². The summed E-state index contributed by atoms with van der Waals surface area (Å²) in [4.78, 5) is 2.68. The smallest absolute Gasteiger partial charge is 0.182 e. The molecule has 0 amide bonds. The summed E-state index contributed by atoms with van der Waals surface area (Å²) >= 11 is 0.